The van der Waals surface area contributed by atoms with Gasteiger partial charge in [0.25, 0.3) is 0 Å². The van der Waals surface area contributed by atoms with Gasteiger partial charge < -0.3 is 21.1 Å². The Morgan fingerprint density at radius 1 is 0.976 bits per heavy atom. The summed E-state index contributed by atoms with van der Waals surface area (Å²) in [6, 6.07) is 17.8. The Kier molecular flexibility index (Phi) is 11.5. The molecule has 0 aliphatic heterocycles. The van der Waals surface area contributed by atoms with E-state index in [1.165, 1.54) is 16.4 Å². The smallest absolute Gasteiger partial charge is 0.245 e. The van der Waals surface area contributed by atoms with Crippen molar-refractivity contribution >= 4 is 21.8 Å². The summed E-state index contributed by atoms with van der Waals surface area (Å²) in [5.74, 6) is -0.383. The number of carbonyl (C=O) groups is 2. The van der Waals surface area contributed by atoms with Gasteiger partial charge in [-0.25, -0.2) is 8.42 Å². The summed E-state index contributed by atoms with van der Waals surface area (Å²) in [4.78, 5) is 25.1. The lowest BCUT2D eigenvalue weighted by Crippen LogP contribution is -2.55. The van der Waals surface area contributed by atoms with Crippen LogP contribution in [0.1, 0.15) is 58.9 Å². The van der Waals surface area contributed by atoms with Crippen molar-refractivity contribution in [3.05, 3.63) is 66.2 Å². The summed E-state index contributed by atoms with van der Waals surface area (Å²) in [6.45, 7) is 8.42. The molecule has 2 amide bonds. The van der Waals surface area contributed by atoms with Gasteiger partial charge in [0.15, 0.2) is 0 Å². The number of carbonyl (C=O) groups excluding carboxylic acids is 2. The highest BCUT2D eigenvalue weighted by Crippen LogP contribution is 2.30. The van der Waals surface area contributed by atoms with Gasteiger partial charge in [-0.15, -0.1) is 0 Å². The van der Waals surface area contributed by atoms with Crippen LogP contribution >= 0.6 is 0 Å². The van der Waals surface area contributed by atoms with Gasteiger partial charge in [-0.1, -0.05) is 76.2 Å². The molecule has 1 aliphatic rings. The molecule has 1 atom stereocenters. The van der Waals surface area contributed by atoms with Crippen LogP contribution in [0.15, 0.2) is 65.6 Å². The van der Waals surface area contributed by atoms with Crippen LogP contribution in [0.2, 0.25) is 0 Å². The first-order chi connectivity index (χ1) is 19.3. The van der Waals surface area contributed by atoms with Crippen LogP contribution in [0.4, 0.5) is 0 Å². The van der Waals surface area contributed by atoms with Crippen LogP contribution in [0.25, 0.3) is 0 Å². The van der Waals surface area contributed by atoms with Crippen molar-refractivity contribution in [2.45, 2.75) is 76.5 Å². The van der Waals surface area contributed by atoms with E-state index < -0.39 is 21.2 Å². The quantitative estimate of drug-likeness (QED) is 0.211. The Morgan fingerprint density at radius 2 is 1.59 bits per heavy atom. The van der Waals surface area contributed by atoms with Gasteiger partial charge in [-0.2, -0.15) is 4.31 Å². The van der Waals surface area contributed by atoms with E-state index in [4.69, 9.17) is 0 Å². The molecular weight excluding hydrogens is 540 g/mol. The largest absolute Gasteiger partial charge is 0.374 e. The Balaban J connectivity index is 1.69. The van der Waals surface area contributed by atoms with Crippen molar-refractivity contribution < 1.29 is 23.1 Å². The zero-order valence-electron chi connectivity index (χ0n) is 24.7. The van der Waals surface area contributed by atoms with E-state index in [1.807, 2.05) is 58.0 Å². The highest BCUT2D eigenvalue weighted by molar-refractivity contribution is 7.89. The fourth-order valence-corrected chi connectivity index (χ4v) is 6.51. The lowest BCUT2D eigenvalue weighted by molar-refractivity contribution is -0.125. The first kappa shape index (κ1) is 32.7. The molecule has 226 valence electrons. The van der Waals surface area contributed by atoms with E-state index in [0.29, 0.717) is 12.6 Å². The highest BCUT2D eigenvalue weighted by atomic mass is 32.2. The van der Waals surface area contributed by atoms with Crippen LogP contribution in [0.5, 0.6) is 0 Å². The number of benzene rings is 2. The van der Waals surface area contributed by atoms with Crippen molar-refractivity contribution in [3.8, 4) is 0 Å². The number of hydrogen-bond acceptors (Lipinski definition) is 6. The SMILES string of the molecule is CC(C)CN(C(O)(CCNC(=O)CC(C)(C)CNC(=O)CNC1CC1)Cc1ccccc1)S(=O)(=O)c1ccccc1. The molecule has 2 aromatic carbocycles. The zero-order valence-corrected chi connectivity index (χ0v) is 25.5. The van der Waals surface area contributed by atoms with Gasteiger partial charge in [0, 0.05) is 44.9 Å². The third-order valence-electron chi connectivity index (χ3n) is 7.04. The monoisotopic (exact) mass is 586 g/mol. The van der Waals surface area contributed by atoms with Crippen LogP contribution in [0, 0.1) is 11.3 Å². The second kappa shape index (κ2) is 14.4. The van der Waals surface area contributed by atoms with Gasteiger partial charge in [-0.3, -0.25) is 9.59 Å². The van der Waals surface area contributed by atoms with E-state index in [2.05, 4.69) is 16.0 Å². The number of amides is 2. The first-order valence-electron chi connectivity index (χ1n) is 14.4. The van der Waals surface area contributed by atoms with Crippen LogP contribution < -0.4 is 16.0 Å². The molecule has 0 aromatic heterocycles. The summed E-state index contributed by atoms with van der Waals surface area (Å²) in [5.41, 5.74) is -1.49. The standard InChI is InChI=1S/C31H46N4O5S/c1-24(2)22-35(41(39,40)27-13-9-6-10-14-27)31(38,19-25-11-7-5-8-12-25)17-18-32-28(36)20-30(3,4)23-34-29(37)21-33-26-15-16-26/h5-14,24,26,33,38H,15-23H2,1-4H3,(H,32,36)(H,34,37). The minimum Gasteiger partial charge on any atom is -0.374 e. The van der Waals surface area contributed by atoms with E-state index in [-0.39, 0.29) is 61.5 Å². The molecule has 1 saturated carbocycles. The summed E-state index contributed by atoms with van der Waals surface area (Å²) < 4.78 is 28.9. The molecule has 2 aromatic rings. The van der Waals surface area contributed by atoms with E-state index in [1.54, 1.807) is 18.2 Å². The molecule has 0 bridgehead atoms. The number of hydrogen-bond donors (Lipinski definition) is 4. The van der Waals surface area contributed by atoms with Crippen LogP contribution in [0.3, 0.4) is 0 Å². The molecule has 4 N–H and O–H groups in total. The fraction of sp³-hybridized carbons (Fsp3) is 0.548. The maximum atomic E-state index is 13.8. The number of nitrogens with one attached hydrogen (secondary N) is 3. The maximum Gasteiger partial charge on any atom is 0.245 e. The average molecular weight is 587 g/mol. The van der Waals surface area contributed by atoms with Crippen molar-refractivity contribution in [1.82, 2.24) is 20.3 Å². The van der Waals surface area contributed by atoms with Crippen molar-refractivity contribution in [2.75, 3.05) is 26.2 Å². The van der Waals surface area contributed by atoms with Crippen LogP contribution in [-0.4, -0.2) is 67.6 Å². The number of nitrogens with zero attached hydrogens (tertiary/aromatic N) is 1. The van der Waals surface area contributed by atoms with Gasteiger partial charge in [0.2, 0.25) is 21.8 Å². The molecule has 0 radical (unpaired) electrons. The van der Waals surface area contributed by atoms with Gasteiger partial charge in [0.1, 0.15) is 5.72 Å². The summed E-state index contributed by atoms with van der Waals surface area (Å²) in [7, 11) is -4.05. The van der Waals surface area contributed by atoms with Gasteiger partial charge in [0.05, 0.1) is 11.4 Å². The highest BCUT2D eigenvalue weighted by Gasteiger charge is 2.43. The Bertz CT molecular complexity index is 1230. The molecule has 10 heteroatoms. The molecule has 1 unspecified atom stereocenters. The van der Waals surface area contributed by atoms with Crippen molar-refractivity contribution in [1.29, 1.82) is 0 Å². The second-order valence-corrected chi connectivity index (χ2v) is 14.1. The van der Waals surface area contributed by atoms with E-state index >= 15 is 0 Å². The van der Waals surface area contributed by atoms with Crippen LogP contribution in [-0.2, 0) is 26.0 Å². The Hall–Kier alpha value is -2.79. The molecule has 1 aliphatic carbocycles. The second-order valence-electron chi connectivity index (χ2n) is 12.3. The third-order valence-corrected chi connectivity index (χ3v) is 8.97. The van der Waals surface area contributed by atoms with Crippen molar-refractivity contribution in [3.63, 3.8) is 0 Å². The minimum absolute atomic E-state index is 0.00355. The lowest BCUT2D eigenvalue weighted by atomic mass is 9.88. The third kappa shape index (κ3) is 10.5. The van der Waals surface area contributed by atoms with Crippen molar-refractivity contribution in [2.24, 2.45) is 11.3 Å². The average Bonchev–Trinajstić information content (AvgIpc) is 3.75. The molecular formula is C31H46N4O5S. The van der Waals surface area contributed by atoms with Gasteiger partial charge >= 0.3 is 0 Å². The minimum atomic E-state index is -4.05. The topological polar surface area (TPSA) is 128 Å². The lowest BCUT2D eigenvalue weighted by Gasteiger charge is -2.40. The number of rotatable bonds is 17. The van der Waals surface area contributed by atoms with Gasteiger partial charge in [-0.05, 0) is 41.9 Å². The normalized spacial score (nSPS) is 15.5. The molecule has 41 heavy (non-hydrogen) atoms. The number of sulfonamides is 1. The van der Waals surface area contributed by atoms with E-state index in [9.17, 15) is 23.1 Å². The predicted octanol–water partition coefficient (Wildman–Crippen LogP) is 3.06. The maximum absolute atomic E-state index is 13.8. The Morgan fingerprint density at radius 3 is 2.17 bits per heavy atom. The molecule has 9 nitrogen and oxygen atoms in total. The molecule has 0 saturated heterocycles. The predicted molar refractivity (Wildman–Crippen MR) is 160 cm³/mol. The first-order valence-corrected chi connectivity index (χ1v) is 15.9. The number of aliphatic hydroxyl groups is 1. The summed E-state index contributed by atoms with van der Waals surface area (Å²) in [6.07, 6.45) is 2.43. The molecule has 0 spiro atoms. The zero-order chi connectivity index (χ0) is 30.1. The fourth-order valence-electron chi connectivity index (χ4n) is 4.65. The molecule has 1 fully saturated rings. The Labute approximate surface area is 245 Å². The van der Waals surface area contributed by atoms with E-state index in [0.717, 1.165) is 18.4 Å². The summed E-state index contributed by atoms with van der Waals surface area (Å²) in [5, 5.41) is 21.0. The molecule has 0 heterocycles. The summed E-state index contributed by atoms with van der Waals surface area (Å²) >= 11 is 0. The molecule has 3 rings (SSSR count).